The lowest BCUT2D eigenvalue weighted by molar-refractivity contribution is 0.104. The topological polar surface area (TPSA) is 50.7 Å². The Morgan fingerprint density at radius 2 is 1.92 bits per heavy atom. The van der Waals surface area contributed by atoms with Gasteiger partial charge in [0.25, 0.3) is 0 Å². The number of carbonyl (C=O) groups is 1. The van der Waals surface area contributed by atoms with Crippen LogP contribution in [-0.2, 0) is 0 Å². The Hall–Kier alpha value is -3.40. The molecule has 0 saturated heterocycles. The van der Waals surface area contributed by atoms with Crippen molar-refractivity contribution >= 4 is 22.8 Å². The number of rotatable bonds is 4. The van der Waals surface area contributed by atoms with E-state index in [-0.39, 0.29) is 5.78 Å². The SMILES string of the molecule is O=C(/C=C/c1c[nH]c2ccccc12)c1ccc(-n2ccnc2)cc1. The molecule has 0 bridgehead atoms. The van der Waals surface area contributed by atoms with E-state index in [1.165, 1.54) is 0 Å². The summed E-state index contributed by atoms with van der Waals surface area (Å²) in [5, 5.41) is 1.11. The van der Waals surface area contributed by atoms with Crippen LogP contribution in [0, 0.1) is 0 Å². The van der Waals surface area contributed by atoms with E-state index < -0.39 is 0 Å². The first-order valence-corrected chi connectivity index (χ1v) is 7.68. The number of ketones is 1. The van der Waals surface area contributed by atoms with Crippen LogP contribution in [0.2, 0.25) is 0 Å². The van der Waals surface area contributed by atoms with Crippen molar-refractivity contribution < 1.29 is 4.79 Å². The lowest BCUT2D eigenvalue weighted by Crippen LogP contribution is -1.96. The van der Waals surface area contributed by atoms with E-state index in [0.717, 1.165) is 22.2 Å². The molecule has 4 aromatic rings. The number of benzene rings is 2. The van der Waals surface area contributed by atoms with Gasteiger partial charge < -0.3 is 9.55 Å². The van der Waals surface area contributed by atoms with Crippen LogP contribution in [-0.4, -0.2) is 20.3 Å². The Labute approximate surface area is 139 Å². The van der Waals surface area contributed by atoms with E-state index >= 15 is 0 Å². The van der Waals surface area contributed by atoms with Gasteiger partial charge in [0.2, 0.25) is 0 Å². The van der Waals surface area contributed by atoms with Crippen LogP contribution >= 0.6 is 0 Å². The summed E-state index contributed by atoms with van der Waals surface area (Å²) in [7, 11) is 0. The van der Waals surface area contributed by atoms with Gasteiger partial charge in [-0.25, -0.2) is 4.98 Å². The van der Waals surface area contributed by atoms with Gasteiger partial charge >= 0.3 is 0 Å². The molecule has 2 aromatic heterocycles. The number of aromatic amines is 1. The fourth-order valence-corrected chi connectivity index (χ4v) is 2.70. The zero-order valence-electron chi connectivity index (χ0n) is 12.9. The maximum Gasteiger partial charge on any atom is 0.185 e. The molecule has 4 heteroatoms. The number of imidazole rings is 1. The second kappa shape index (κ2) is 6.01. The predicted octanol–water partition coefficient (Wildman–Crippen LogP) is 4.25. The van der Waals surface area contributed by atoms with Gasteiger partial charge in [-0.1, -0.05) is 18.2 Å². The highest BCUT2D eigenvalue weighted by atomic mass is 16.1. The van der Waals surface area contributed by atoms with Crippen molar-refractivity contribution in [1.82, 2.24) is 14.5 Å². The van der Waals surface area contributed by atoms with Gasteiger partial charge in [0.15, 0.2) is 5.78 Å². The third kappa shape index (κ3) is 2.65. The standard InChI is InChI=1S/C20H15N3O/c24-20(10-7-16-13-22-19-4-2-1-3-18(16)19)15-5-8-17(9-6-15)23-12-11-21-14-23/h1-14,22H/b10-7+. The monoisotopic (exact) mass is 313 g/mol. The second-order valence-electron chi connectivity index (χ2n) is 5.50. The number of hydrogen-bond acceptors (Lipinski definition) is 2. The Balaban J connectivity index is 1.55. The minimum Gasteiger partial charge on any atom is -0.361 e. The molecule has 0 unspecified atom stereocenters. The molecule has 4 nitrogen and oxygen atoms in total. The van der Waals surface area contributed by atoms with E-state index in [1.807, 2.05) is 71.6 Å². The van der Waals surface area contributed by atoms with E-state index in [4.69, 9.17) is 0 Å². The van der Waals surface area contributed by atoms with Gasteiger partial charge in [0.05, 0.1) is 6.33 Å². The lowest BCUT2D eigenvalue weighted by atomic mass is 10.1. The van der Waals surface area contributed by atoms with Gasteiger partial charge in [0, 0.05) is 40.7 Å². The number of para-hydroxylation sites is 1. The van der Waals surface area contributed by atoms with Crippen molar-refractivity contribution in [3.63, 3.8) is 0 Å². The summed E-state index contributed by atoms with van der Waals surface area (Å²) in [6.07, 6.45) is 10.7. The van der Waals surface area contributed by atoms with Crippen LogP contribution in [0.15, 0.2) is 79.5 Å². The molecule has 0 spiro atoms. The quantitative estimate of drug-likeness (QED) is 0.452. The number of H-pyrrole nitrogens is 1. The third-order valence-electron chi connectivity index (χ3n) is 3.99. The zero-order chi connectivity index (χ0) is 16.4. The number of hydrogen-bond donors (Lipinski definition) is 1. The molecule has 2 aromatic carbocycles. The van der Waals surface area contributed by atoms with E-state index in [0.29, 0.717) is 5.56 Å². The first-order chi connectivity index (χ1) is 11.8. The Morgan fingerprint density at radius 3 is 2.71 bits per heavy atom. The van der Waals surface area contributed by atoms with Crippen LogP contribution in [0.25, 0.3) is 22.7 Å². The van der Waals surface area contributed by atoms with Crippen molar-refractivity contribution in [2.45, 2.75) is 0 Å². The maximum absolute atomic E-state index is 12.4. The third-order valence-corrected chi connectivity index (χ3v) is 3.99. The van der Waals surface area contributed by atoms with Gasteiger partial charge in [-0.15, -0.1) is 0 Å². The average Bonchev–Trinajstić information content (AvgIpc) is 3.30. The number of nitrogens with zero attached hydrogens (tertiary/aromatic N) is 2. The van der Waals surface area contributed by atoms with Crippen LogP contribution in [0.3, 0.4) is 0 Å². The molecule has 4 rings (SSSR count). The summed E-state index contributed by atoms with van der Waals surface area (Å²) >= 11 is 0. The summed E-state index contributed by atoms with van der Waals surface area (Å²) in [6.45, 7) is 0. The van der Waals surface area contributed by atoms with Crippen LogP contribution in [0.4, 0.5) is 0 Å². The van der Waals surface area contributed by atoms with E-state index in [9.17, 15) is 4.79 Å². The molecule has 0 saturated carbocycles. The molecular weight excluding hydrogens is 298 g/mol. The number of aromatic nitrogens is 3. The molecule has 0 aliphatic rings. The van der Waals surface area contributed by atoms with Gasteiger partial charge in [-0.2, -0.15) is 0 Å². The lowest BCUT2D eigenvalue weighted by Gasteiger charge is -2.02. The number of allylic oxidation sites excluding steroid dienone is 1. The second-order valence-corrected chi connectivity index (χ2v) is 5.50. The Kier molecular flexibility index (Phi) is 3.56. The highest BCUT2D eigenvalue weighted by Crippen LogP contribution is 2.19. The molecule has 0 amide bonds. The van der Waals surface area contributed by atoms with Crippen LogP contribution < -0.4 is 0 Å². The zero-order valence-corrected chi connectivity index (χ0v) is 12.9. The van der Waals surface area contributed by atoms with Gasteiger partial charge in [-0.05, 0) is 48.0 Å². The minimum atomic E-state index is -0.0162. The molecule has 116 valence electrons. The summed E-state index contributed by atoms with van der Waals surface area (Å²) in [6, 6.07) is 15.5. The Morgan fingerprint density at radius 1 is 1.08 bits per heavy atom. The molecule has 0 radical (unpaired) electrons. The number of nitrogens with one attached hydrogen (secondary N) is 1. The maximum atomic E-state index is 12.4. The fourth-order valence-electron chi connectivity index (χ4n) is 2.70. The Bertz CT molecular complexity index is 1010. The molecule has 24 heavy (non-hydrogen) atoms. The molecular formula is C20H15N3O. The molecule has 0 aliphatic carbocycles. The van der Waals surface area contributed by atoms with Crippen molar-refractivity contribution in [3.05, 3.63) is 90.7 Å². The van der Waals surface area contributed by atoms with Crippen molar-refractivity contribution in [2.75, 3.05) is 0 Å². The summed E-state index contributed by atoms with van der Waals surface area (Å²) in [4.78, 5) is 19.6. The van der Waals surface area contributed by atoms with Crippen molar-refractivity contribution in [3.8, 4) is 5.69 Å². The van der Waals surface area contributed by atoms with Gasteiger partial charge in [-0.3, -0.25) is 4.79 Å². The summed E-state index contributed by atoms with van der Waals surface area (Å²) in [5.41, 5.74) is 3.71. The van der Waals surface area contributed by atoms with Crippen LogP contribution in [0.5, 0.6) is 0 Å². The predicted molar refractivity (Wildman–Crippen MR) is 95.2 cm³/mol. The minimum absolute atomic E-state index is 0.0162. The molecule has 1 N–H and O–H groups in total. The first-order valence-electron chi connectivity index (χ1n) is 7.68. The molecule has 0 aliphatic heterocycles. The van der Waals surface area contributed by atoms with E-state index in [1.54, 1.807) is 18.6 Å². The largest absolute Gasteiger partial charge is 0.361 e. The van der Waals surface area contributed by atoms with Gasteiger partial charge in [0.1, 0.15) is 0 Å². The molecule has 2 heterocycles. The average molecular weight is 313 g/mol. The highest BCUT2D eigenvalue weighted by Gasteiger charge is 2.04. The first kappa shape index (κ1) is 14.2. The molecule has 0 atom stereocenters. The van der Waals surface area contributed by atoms with E-state index in [2.05, 4.69) is 9.97 Å². The summed E-state index contributed by atoms with van der Waals surface area (Å²) < 4.78 is 1.90. The summed E-state index contributed by atoms with van der Waals surface area (Å²) in [5.74, 6) is -0.0162. The smallest absolute Gasteiger partial charge is 0.185 e. The van der Waals surface area contributed by atoms with Crippen molar-refractivity contribution in [1.29, 1.82) is 0 Å². The number of carbonyl (C=O) groups excluding carboxylic acids is 1. The van der Waals surface area contributed by atoms with Crippen molar-refractivity contribution in [2.24, 2.45) is 0 Å². The fraction of sp³-hybridized carbons (Fsp3) is 0. The van der Waals surface area contributed by atoms with Crippen LogP contribution in [0.1, 0.15) is 15.9 Å². The normalized spacial score (nSPS) is 11.3. The number of fused-ring (bicyclic) bond motifs is 1. The molecule has 0 fully saturated rings. The highest BCUT2D eigenvalue weighted by molar-refractivity contribution is 6.07.